The van der Waals surface area contributed by atoms with E-state index in [2.05, 4.69) is 22.0 Å². The van der Waals surface area contributed by atoms with Crippen LogP contribution in [-0.4, -0.2) is 48.7 Å². The van der Waals surface area contributed by atoms with E-state index < -0.39 is 0 Å². The highest BCUT2D eigenvalue weighted by molar-refractivity contribution is 7.99. The monoisotopic (exact) mass is 319 g/mol. The number of nitrogens with zero attached hydrogens (tertiary/aromatic N) is 5. The van der Waals surface area contributed by atoms with Gasteiger partial charge in [0.2, 0.25) is 11.1 Å². The molecule has 1 aliphatic heterocycles. The Kier molecular flexibility index (Phi) is 4.33. The maximum Gasteiger partial charge on any atom is 0.253 e. The molecule has 0 N–H and O–H groups in total. The molecule has 1 amide bonds. The number of thioether (sulfide) groups is 1. The van der Waals surface area contributed by atoms with Crippen LogP contribution in [0.1, 0.15) is 37.6 Å². The number of likely N-dealkylation sites (tertiary alicyclic amines) is 1. The number of amides is 1. The third kappa shape index (κ3) is 3.09. The molecule has 1 aliphatic rings. The Balaban J connectivity index is 1.68. The second kappa shape index (κ2) is 6.24. The summed E-state index contributed by atoms with van der Waals surface area (Å²) in [5, 5.41) is 5.04. The normalized spacial score (nSPS) is 18.9. The number of hydrogen-bond donors (Lipinski definition) is 0. The van der Waals surface area contributed by atoms with Crippen molar-refractivity contribution in [2.45, 2.75) is 51.2 Å². The summed E-state index contributed by atoms with van der Waals surface area (Å²) in [6.07, 6.45) is 3.43. The van der Waals surface area contributed by atoms with E-state index in [4.69, 9.17) is 0 Å². The Labute approximate surface area is 134 Å². The van der Waals surface area contributed by atoms with Crippen molar-refractivity contribution in [3.8, 4) is 0 Å². The lowest BCUT2D eigenvalue weighted by Crippen LogP contribution is -2.42. The highest BCUT2D eigenvalue weighted by Gasteiger charge is 2.23. The van der Waals surface area contributed by atoms with Crippen LogP contribution in [0.2, 0.25) is 0 Å². The van der Waals surface area contributed by atoms with Gasteiger partial charge in [0.25, 0.3) is 5.78 Å². The van der Waals surface area contributed by atoms with Crippen LogP contribution in [0.5, 0.6) is 0 Å². The van der Waals surface area contributed by atoms with E-state index >= 15 is 0 Å². The number of hydrogen-bond acceptors (Lipinski definition) is 5. The molecule has 0 aliphatic carbocycles. The molecule has 1 atom stereocenters. The topological polar surface area (TPSA) is 63.4 Å². The van der Waals surface area contributed by atoms with Gasteiger partial charge in [-0.25, -0.2) is 9.50 Å². The number of aryl methyl sites for hydroxylation is 2. The van der Waals surface area contributed by atoms with E-state index in [9.17, 15) is 4.79 Å². The predicted molar refractivity (Wildman–Crippen MR) is 86.0 cm³/mol. The molecule has 1 fully saturated rings. The molecule has 0 radical (unpaired) electrons. The number of fused-ring (bicyclic) bond motifs is 1. The summed E-state index contributed by atoms with van der Waals surface area (Å²) < 4.78 is 1.73. The summed E-state index contributed by atoms with van der Waals surface area (Å²) in [7, 11) is 0. The van der Waals surface area contributed by atoms with Crippen LogP contribution in [0.15, 0.2) is 11.2 Å². The fraction of sp³-hybridized carbons (Fsp3) is 0.600. The van der Waals surface area contributed by atoms with Crippen molar-refractivity contribution in [3.05, 3.63) is 17.5 Å². The maximum absolute atomic E-state index is 12.3. The van der Waals surface area contributed by atoms with Crippen LogP contribution < -0.4 is 0 Å². The Morgan fingerprint density at radius 3 is 2.95 bits per heavy atom. The van der Waals surface area contributed by atoms with Gasteiger partial charge in [-0.1, -0.05) is 11.8 Å². The van der Waals surface area contributed by atoms with Crippen LogP contribution >= 0.6 is 11.8 Å². The van der Waals surface area contributed by atoms with Crippen LogP contribution in [0.25, 0.3) is 5.78 Å². The minimum atomic E-state index is 0.178. The fourth-order valence-electron chi connectivity index (χ4n) is 2.89. The summed E-state index contributed by atoms with van der Waals surface area (Å²) in [6, 6.07) is 2.32. The molecule has 118 valence electrons. The molecule has 22 heavy (non-hydrogen) atoms. The minimum Gasteiger partial charge on any atom is -0.339 e. The largest absolute Gasteiger partial charge is 0.339 e. The number of carbonyl (C=O) groups excluding carboxylic acids is 1. The summed E-state index contributed by atoms with van der Waals surface area (Å²) in [4.78, 5) is 23.1. The Morgan fingerprint density at radius 1 is 1.36 bits per heavy atom. The first-order valence-corrected chi connectivity index (χ1v) is 8.66. The quantitative estimate of drug-likeness (QED) is 0.812. The van der Waals surface area contributed by atoms with Gasteiger partial charge in [-0.2, -0.15) is 4.98 Å². The average Bonchev–Trinajstić information content (AvgIpc) is 2.88. The SMILES string of the molecule is Cc1cc(C)n2nc(SCC(=O)N3CCCC[C@@H]3C)nc2n1. The van der Waals surface area contributed by atoms with Crippen LogP contribution in [0.4, 0.5) is 0 Å². The van der Waals surface area contributed by atoms with Gasteiger partial charge in [-0.15, -0.1) is 5.10 Å². The molecule has 6 nitrogen and oxygen atoms in total. The predicted octanol–water partition coefficient (Wildman–Crippen LogP) is 2.23. The number of rotatable bonds is 3. The molecular weight excluding hydrogens is 298 g/mol. The van der Waals surface area contributed by atoms with E-state index in [0.29, 0.717) is 22.7 Å². The fourth-order valence-corrected chi connectivity index (χ4v) is 3.59. The Morgan fingerprint density at radius 2 is 2.18 bits per heavy atom. The third-order valence-corrected chi connectivity index (χ3v) is 4.87. The molecule has 2 aromatic rings. The smallest absolute Gasteiger partial charge is 0.253 e. The molecule has 2 aromatic heterocycles. The van der Waals surface area contributed by atoms with Crippen molar-refractivity contribution in [2.24, 2.45) is 0 Å². The minimum absolute atomic E-state index is 0.178. The molecule has 0 spiro atoms. The first kappa shape index (κ1) is 15.3. The van der Waals surface area contributed by atoms with Crippen molar-refractivity contribution in [3.63, 3.8) is 0 Å². The van der Waals surface area contributed by atoms with E-state index in [-0.39, 0.29) is 5.91 Å². The van der Waals surface area contributed by atoms with Crippen molar-refractivity contribution >= 4 is 23.4 Å². The lowest BCUT2D eigenvalue weighted by molar-refractivity contribution is -0.131. The summed E-state index contributed by atoms with van der Waals surface area (Å²) in [5.74, 6) is 1.16. The average molecular weight is 319 g/mol. The third-order valence-electron chi connectivity index (χ3n) is 4.05. The van der Waals surface area contributed by atoms with Gasteiger partial charge in [0.15, 0.2) is 0 Å². The summed E-state index contributed by atoms with van der Waals surface area (Å²) in [6.45, 7) is 6.92. The zero-order chi connectivity index (χ0) is 15.7. The van der Waals surface area contributed by atoms with Crippen molar-refractivity contribution < 1.29 is 4.79 Å². The van der Waals surface area contributed by atoms with Gasteiger partial charge < -0.3 is 4.90 Å². The number of carbonyl (C=O) groups is 1. The van der Waals surface area contributed by atoms with Gasteiger partial charge in [0.05, 0.1) is 5.75 Å². The highest BCUT2D eigenvalue weighted by atomic mass is 32.2. The van der Waals surface area contributed by atoms with Gasteiger partial charge >= 0.3 is 0 Å². The zero-order valence-electron chi connectivity index (χ0n) is 13.2. The first-order chi connectivity index (χ1) is 10.5. The van der Waals surface area contributed by atoms with Crippen LogP contribution in [-0.2, 0) is 4.79 Å². The standard InChI is InChI=1S/C15H21N5OS/c1-10-8-12(3)20-14(16-10)17-15(18-20)22-9-13(21)19-7-5-4-6-11(19)2/h8,11H,4-7,9H2,1-3H3/t11-/m0/s1. The Hall–Kier alpha value is -1.63. The second-order valence-electron chi connectivity index (χ2n) is 5.87. The van der Waals surface area contributed by atoms with Gasteiger partial charge in [-0.05, 0) is 46.1 Å². The molecule has 0 unspecified atom stereocenters. The van der Waals surface area contributed by atoms with Crippen molar-refractivity contribution in [1.29, 1.82) is 0 Å². The van der Waals surface area contributed by atoms with Crippen molar-refractivity contribution in [2.75, 3.05) is 12.3 Å². The lowest BCUT2D eigenvalue weighted by atomic mass is 10.0. The molecule has 3 rings (SSSR count). The molecule has 0 bridgehead atoms. The molecule has 0 saturated carbocycles. The van der Waals surface area contributed by atoms with Gasteiger partial charge in [-0.3, -0.25) is 4.79 Å². The van der Waals surface area contributed by atoms with Crippen molar-refractivity contribution in [1.82, 2.24) is 24.5 Å². The summed E-state index contributed by atoms with van der Waals surface area (Å²) in [5.41, 5.74) is 1.92. The molecule has 0 aromatic carbocycles. The van der Waals surface area contributed by atoms with Crippen LogP contribution in [0, 0.1) is 13.8 Å². The van der Waals surface area contributed by atoms with E-state index in [0.717, 1.165) is 30.8 Å². The number of aromatic nitrogens is 4. The van der Waals surface area contributed by atoms with E-state index in [1.165, 1.54) is 18.2 Å². The lowest BCUT2D eigenvalue weighted by Gasteiger charge is -2.33. The van der Waals surface area contributed by atoms with Crippen LogP contribution in [0.3, 0.4) is 0 Å². The highest BCUT2D eigenvalue weighted by Crippen LogP contribution is 2.20. The molecular formula is C15H21N5OS. The van der Waals surface area contributed by atoms with E-state index in [1.807, 2.05) is 24.8 Å². The second-order valence-corrected chi connectivity index (χ2v) is 6.81. The first-order valence-electron chi connectivity index (χ1n) is 7.68. The molecule has 3 heterocycles. The molecule has 1 saturated heterocycles. The van der Waals surface area contributed by atoms with Gasteiger partial charge in [0.1, 0.15) is 0 Å². The number of piperidine rings is 1. The summed E-state index contributed by atoms with van der Waals surface area (Å²) >= 11 is 1.39. The Bertz CT molecular complexity index is 699. The van der Waals surface area contributed by atoms with Gasteiger partial charge in [0, 0.05) is 24.0 Å². The van der Waals surface area contributed by atoms with E-state index in [1.54, 1.807) is 4.52 Å². The maximum atomic E-state index is 12.3. The molecule has 7 heteroatoms. The zero-order valence-corrected chi connectivity index (χ0v) is 14.1.